The number of fused-ring (bicyclic) bond motifs is 1. The summed E-state index contributed by atoms with van der Waals surface area (Å²) >= 11 is 5.91. The second-order valence-electron chi connectivity index (χ2n) is 5.18. The molecule has 0 spiro atoms. The van der Waals surface area contributed by atoms with E-state index in [4.69, 9.17) is 16.7 Å². The zero-order chi connectivity index (χ0) is 14.3. The van der Waals surface area contributed by atoms with E-state index in [1.54, 1.807) is 6.07 Å². The Morgan fingerprint density at radius 3 is 2.75 bits per heavy atom. The third-order valence-electron chi connectivity index (χ3n) is 3.63. The van der Waals surface area contributed by atoms with Crippen LogP contribution in [0.15, 0.2) is 36.5 Å². The summed E-state index contributed by atoms with van der Waals surface area (Å²) in [6.45, 7) is 2.07. The molecule has 2 aromatic rings. The summed E-state index contributed by atoms with van der Waals surface area (Å²) < 4.78 is 0. The highest BCUT2D eigenvalue weighted by molar-refractivity contribution is 6.30. The SMILES string of the molecule is C[C@]1(c2ccc(Cl)cc2)Cc2cc(C(=O)O)cnc2N1. The summed E-state index contributed by atoms with van der Waals surface area (Å²) in [7, 11) is 0. The number of carboxylic acid groups (broad SMARTS) is 1. The molecule has 0 fully saturated rings. The van der Waals surface area contributed by atoms with Gasteiger partial charge in [-0.15, -0.1) is 0 Å². The molecule has 2 heterocycles. The zero-order valence-electron chi connectivity index (χ0n) is 10.9. The summed E-state index contributed by atoms with van der Waals surface area (Å²) in [6.07, 6.45) is 2.07. The van der Waals surface area contributed by atoms with E-state index in [1.165, 1.54) is 6.20 Å². The van der Waals surface area contributed by atoms with Crippen molar-refractivity contribution in [2.75, 3.05) is 5.32 Å². The maximum atomic E-state index is 11.0. The van der Waals surface area contributed by atoms with Gasteiger partial charge in [0.05, 0.1) is 11.1 Å². The number of benzene rings is 1. The van der Waals surface area contributed by atoms with Crippen molar-refractivity contribution in [3.8, 4) is 0 Å². The molecular formula is C15H13ClN2O2. The lowest BCUT2D eigenvalue weighted by Crippen LogP contribution is -2.29. The minimum atomic E-state index is -0.958. The number of aromatic nitrogens is 1. The minimum Gasteiger partial charge on any atom is -0.478 e. The van der Waals surface area contributed by atoms with Gasteiger partial charge in [0.15, 0.2) is 0 Å². The second-order valence-corrected chi connectivity index (χ2v) is 5.61. The van der Waals surface area contributed by atoms with Crippen LogP contribution in [0.4, 0.5) is 5.82 Å². The van der Waals surface area contributed by atoms with E-state index >= 15 is 0 Å². The second kappa shape index (κ2) is 4.49. The standard InChI is InChI=1S/C15H13ClN2O2/c1-15(11-2-4-12(16)5-3-11)7-9-6-10(14(19)20)8-17-13(9)18-15/h2-6,8H,7H2,1H3,(H,17,18)(H,19,20)/t15-/m1/s1. The summed E-state index contributed by atoms with van der Waals surface area (Å²) in [5.41, 5.74) is 1.93. The molecule has 1 aromatic carbocycles. The predicted octanol–water partition coefficient (Wildman–Crippen LogP) is 3.32. The van der Waals surface area contributed by atoms with Crippen LogP contribution < -0.4 is 5.32 Å². The van der Waals surface area contributed by atoms with E-state index in [2.05, 4.69) is 17.2 Å². The van der Waals surface area contributed by atoms with E-state index < -0.39 is 5.97 Å². The molecule has 0 aliphatic carbocycles. The number of hydrogen-bond acceptors (Lipinski definition) is 3. The number of nitrogens with zero attached hydrogens (tertiary/aromatic N) is 1. The van der Waals surface area contributed by atoms with Crippen LogP contribution in [0.1, 0.15) is 28.4 Å². The fourth-order valence-corrected chi connectivity index (χ4v) is 2.68. The Morgan fingerprint density at radius 2 is 2.10 bits per heavy atom. The van der Waals surface area contributed by atoms with Crippen LogP contribution in [0.5, 0.6) is 0 Å². The molecule has 0 radical (unpaired) electrons. The number of anilines is 1. The van der Waals surface area contributed by atoms with Crippen molar-refractivity contribution in [1.82, 2.24) is 4.98 Å². The van der Waals surface area contributed by atoms with Crippen molar-refractivity contribution in [2.24, 2.45) is 0 Å². The molecule has 2 N–H and O–H groups in total. The highest BCUT2D eigenvalue weighted by Gasteiger charge is 2.35. The third kappa shape index (κ3) is 2.12. The van der Waals surface area contributed by atoms with E-state index in [0.29, 0.717) is 11.4 Å². The Balaban J connectivity index is 1.96. The van der Waals surface area contributed by atoms with Gasteiger partial charge in [-0.3, -0.25) is 0 Å². The highest BCUT2D eigenvalue weighted by Crippen LogP contribution is 2.38. The van der Waals surface area contributed by atoms with Crippen LogP contribution in [0, 0.1) is 0 Å². The van der Waals surface area contributed by atoms with Crippen molar-refractivity contribution >= 4 is 23.4 Å². The lowest BCUT2D eigenvalue weighted by molar-refractivity contribution is 0.0696. The van der Waals surface area contributed by atoms with Crippen LogP contribution in [0.3, 0.4) is 0 Å². The number of halogens is 1. The largest absolute Gasteiger partial charge is 0.478 e. The third-order valence-corrected chi connectivity index (χ3v) is 3.89. The molecular weight excluding hydrogens is 276 g/mol. The molecule has 3 rings (SSSR count). The number of aromatic carboxylic acids is 1. The lowest BCUT2D eigenvalue weighted by atomic mass is 9.89. The number of carboxylic acids is 1. The smallest absolute Gasteiger partial charge is 0.337 e. The Labute approximate surface area is 121 Å². The summed E-state index contributed by atoms with van der Waals surface area (Å²) in [5.74, 6) is -0.215. The zero-order valence-corrected chi connectivity index (χ0v) is 11.6. The van der Waals surface area contributed by atoms with Crippen LogP contribution in [0.2, 0.25) is 5.02 Å². The maximum Gasteiger partial charge on any atom is 0.337 e. The van der Waals surface area contributed by atoms with E-state index in [0.717, 1.165) is 16.9 Å². The highest BCUT2D eigenvalue weighted by atomic mass is 35.5. The number of hydrogen-bond donors (Lipinski definition) is 2. The number of carbonyl (C=O) groups is 1. The van der Waals surface area contributed by atoms with Gasteiger partial charge >= 0.3 is 5.97 Å². The van der Waals surface area contributed by atoms with Crippen LogP contribution in [-0.2, 0) is 12.0 Å². The van der Waals surface area contributed by atoms with Gasteiger partial charge in [-0.1, -0.05) is 23.7 Å². The van der Waals surface area contributed by atoms with Gasteiger partial charge in [-0.2, -0.15) is 0 Å². The normalized spacial score (nSPS) is 20.3. The molecule has 0 saturated heterocycles. The fraction of sp³-hybridized carbons (Fsp3) is 0.200. The van der Waals surface area contributed by atoms with Gasteiger partial charge < -0.3 is 10.4 Å². The van der Waals surface area contributed by atoms with Crippen molar-refractivity contribution in [3.05, 3.63) is 58.2 Å². The van der Waals surface area contributed by atoms with Crippen molar-refractivity contribution in [3.63, 3.8) is 0 Å². The first-order chi connectivity index (χ1) is 9.48. The van der Waals surface area contributed by atoms with Crippen LogP contribution in [0.25, 0.3) is 0 Å². The Hall–Kier alpha value is -2.07. The topological polar surface area (TPSA) is 62.2 Å². The number of nitrogens with one attached hydrogen (secondary N) is 1. The van der Waals surface area contributed by atoms with Gasteiger partial charge in [-0.25, -0.2) is 9.78 Å². The lowest BCUT2D eigenvalue weighted by Gasteiger charge is -2.25. The Kier molecular flexibility index (Phi) is 2.91. The molecule has 0 amide bonds. The molecule has 20 heavy (non-hydrogen) atoms. The van der Waals surface area contributed by atoms with Gasteiger partial charge in [-0.05, 0) is 36.2 Å². The molecule has 4 nitrogen and oxygen atoms in total. The van der Waals surface area contributed by atoms with E-state index in [9.17, 15) is 4.79 Å². The monoisotopic (exact) mass is 288 g/mol. The Bertz CT molecular complexity index is 685. The number of pyridine rings is 1. The van der Waals surface area contributed by atoms with Crippen LogP contribution >= 0.6 is 11.6 Å². The summed E-state index contributed by atoms with van der Waals surface area (Å²) in [6, 6.07) is 9.32. The van der Waals surface area contributed by atoms with E-state index in [1.807, 2.05) is 24.3 Å². The molecule has 0 unspecified atom stereocenters. The van der Waals surface area contributed by atoms with Crippen molar-refractivity contribution in [2.45, 2.75) is 18.9 Å². The summed E-state index contributed by atoms with van der Waals surface area (Å²) in [4.78, 5) is 15.2. The molecule has 1 aromatic heterocycles. The molecule has 1 aliphatic heterocycles. The van der Waals surface area contributed by atoms with Crippen molar-refractivity contribution in [1.29, 1.82) is 0 Å². The average Bonchev–Trinajstić information content (AvgIpc) is 2.75. The molecule has 102 valence electrons. The minimum absolute atomic E-state index is 0.214. The Morgan fingerprint density at radius 1 is 1.40 bits per heavy atom. The molecule has 1 aliphatic rings. The predicted molar refractivity (Wildman–Crippen MR) is 77.3 cm³/mol. The molecule has 0 saturated carbocycles. The van der Waals surface area contributed by atoms with Gasteiger partial charge in [0.2, 0.25) is 0 Å². The molecule has 0 bridgehead atoms. The summed E-state index contributed by atoms with van der Waals surface area (Å²) in [5, 5.41) is 13.1. The van der Waals surface area contributed by atoms with Crippen LogP contribution in [-0.4, -0.2) is 16.1 Å². The van der Waals surface area contributed by atoms with Crippen molar-refractivity contribution < 1.29 is 9.90 Å². The molecule has 1 atom stereocenters. The fourth-order valence-electron chi connectivity index (χ4n) is 2.55. The van der Waals surface area contributed by atoms with Gasteiger partial charge in [0.25, 0.3) is 0 Å². The maximum absolute atomic E-state index is 11.0. The number of rotatable bonds is 2. The van der Waals surface area contributed by atoms with E-state index in [-0.39, 0.29) is 11.1 Å². The first-order valence-electron chi connectivity index (χ1n) is 6.24. The first-order valence-corrected chi connectivity index (χ1v) is 6.62. The van der Waals surface area contributed by atoms with Gasteiger partial charge in [0.1, 0.15) is 5.82 Å². The van der Waals surface area contributed by atoms with Gasteiger partial charge in [0, 0.05) is 17.6 Å². The molecule has 5 heteroatoms. The quantitative estimate of drug-likeness (QED) is 0.890. The first kappa shape index (κ1) is 12.9. The average molecular weight is 289 g/mol.